The minimum absolute atomic E-state index is 0. The van der Waals surface area contributed by atoms with Crippen molar-refractivity contribution in [3.05, 3.63) is 40.7 Å². The van der Waals surface area contributed by atoms with Gasteiger partial charge in [-0.1, -0.05) is 0 Å². The highest BCUT2D eigenvalue weighted by Gasteiger charge is 2.20. The maximum Gasteiger partial charge on any atom is 0.263 e. The Balaban J connectivity index is 0.00000144. The van der Waals surface area contributed by atoms with Crippen molar-refractivity contribution in [3.63, 3.8) is 0 Å². The number of piperidine rings is 1. The molecule has 1 saturated heterocycles. The normalized spacial score (nSPS) is 16.7. The molecule has 0 bridgehead atoms. The Morgan fingerprint density at radius 2 is 2.04 bits per heavy atom. The number of rotatable bonds is 3. The van der Waals surface area contributed by atoms with Crippen molar-refractivity contribution in [2.75, 3.05) is 13.1 Å². The van der Waals surface area contributed by atoms with Crippen LogP contribution in [0.15, 0.2) is 24.3 Å². The minimum Gasteiger partial charge on any atom is -0.347 e. The largest absolute Gasteiger partial charge is 0.347 e. The monoisotopic (exact) mass is 391 g/mol. The summed E-state index contributed by atoms with van der Waals surface area (Å²) in [6.07, 6.45) is 2.08. The zero-order valence-corrected chi connectivity index (χ0v) is 15.6. The third kappa shape index (κ3) is 4.89. The van der Waals surface area contributed by atoms with E-state index in [1.54, 1.807) is 12.1 Å². The molecule has 2 N–H and O–H groups in total. The van der Waals surface area contributed by atoms with Crippen LogP contribution in [0.4, 0.5) is 4.39 Å². The molecular weight excluding hydrogens is 372 g/mol. The second kappa shape index (κ2) is 9.32. The van der Waals surface area contributed by atoms with E-state index in [1.165, 1.54) is 23.5 Å². The molecule has 132 valence electrons. The van der Waals surface area contributed by atoms with Crippen LogP contribution in [0.3, 0.4) is 0 Å². The van der Waals surface area contributed by atoms with Crippen molar-refractivity contribution < 1.29 is 9.18 Å². The molecule has 4 nitrogen and oxygen atoms in total. The second-order valence-corrected chi connectivity index (χ2v) is 6.46. The molecule has 0 spiro atoms. The van der Waals surface area contributed by atoms with Gasteiger partial charge in [0.15, 0.2) is 0 Å². The summed E-state index contributed by atoms with van der Waals surface area (Å²) in [5, 5.41) is 7.08. The van der Waals surface area contributed by atoms with E-state index in [-0.39, 0.29) is 42.6 Å². The molecule has 1 aliphatic heterocycles. The molecule has 0 radical (unpaired) electrons. The predicted molar refractivity (Wildman–Crippen MR) is 100 cm³/mol. The van der Waals surface area contributed by atoms with Crippen molar-refractivity contribution in [3.8, 4) is 10.6 Å². The van der Waals surface area contributed by atoms with Crippen LogP contribution < -0.4 is 10.6 Å². The van der Waals surface area contributed by atoms with Crippen LogP contribution in [0.25, 0.3) is 10.6 Å². The summed E-state index contributed by atoms with van der Waals surface area (Å²) < 4.78 is 13.0. The fourth-order valence-corrected chi connectivity index (χ4v) is 3.52. The van der Waals surface area contributed by atoms with E-state index in [4.69, 9.17) is 0 Å². The number of halogens is 3. The molecule has 2 aromatic rings. The number of hydrogen-bond acceptors (Lipinski definition) is 4. The van der Waals surface area contributed by atoms with Crippen LogP contribution in [0.5, 0.6) is 0 Å². The van der Waals surface area contributed by atoms with Crippen molar-refractivity contribution in [1.82, 2.24) is 15.6 Å². The molecule has 1 atom stereocenters. The van der Waals surface area contributed by atoms with Gasteiger partial charge in [-0.25, -0.2) is 9.37 Å². The summed E-state index contributed by atoms with van der Waals surface area (Å²) in [4.78, 5) is 17.5. The van der Waals surface area contributed by atoms with Crippen LogP contribution in [0.1, 0.15) is 28.2 Å². The molecule has 8 heteroatoms. The molecule has 0 aliphatic carbocycles. The zero-order chi connectivity index (χ0) is 15.5. The zero-order valence-electron chi connectivity index (χ0n) is 13.2. The molecule has 1 aromatic carbocycles. The highest BCUT2D eigenvalue weighted by atomic mass is 35.5. The summed E-state index contributed by atoms with van der Waals surface area (Å²) in [6.45, 7) is 3.66. The van der Waals surface area contributed by atoms with Gasteiger partial charge in [0.05, 0.1) is 5.69 Å². The van der Waals surface area contributed by atoms with Crippen LogP contribution in [-0.4, -0.2) is 30.0 Å². The number of benzene rings is 1. The minimum atomic E-state index is -0.278. The SMILES string of the molecule is Cc1nc(-c2ccc(F)cc2)sc1C(=O)N[C@H]1CCCNC1.Cl.Cl. The summed E-state index contributed by atoms with van der Waals surface area (Å²) in [7, 11) is 0. The van der Waals surface area contributed by atoms with Gasteiger partial charge in [0.1, 0.15) is 15.7 Å². The molecule has 1 fully saturated rings. The fourth-order valence-electron chi connectivity index (χ4n) is 2.55. The first kappa shape index (κ1) is 20.8. The van der Waals surface area contributed by atoms with Gasteiger partial charge in [0, 0.05) is 18.2 Å². The molecule has 24 heavy (non-hydrogen) atoms. The van der Waals surface area contributed by atoms with E-state index in [1.807, 2.05) is 6.92 Å². The fraction of sp³-hybridized carbons (Fsp3) is 0.375. The van der Waals surface area contributed by atoms with E-state index < -0.39 is 0 Å². The summed E-state index contributed by atoms with van der Waals surface area (Å²) in [5.41, 5.74) is 1.54. The number of aromatic nitrogens is 1. The van der Waals surface area contributed by atoms with E-state index >= 15 is 0 Å². The van der Waals surface area contributed by atoms with Crippen molar-refractivity contribution in [2.45, 2.75) is 25.8 Å². The lowest BCUT2D eigenvalue weighted by Gasteiger charge is -2.23. The molecule has 0 saturated carbocycles. The Kier molecular flexibility index (Phi) is 8.09. The van der Waals surface area contributed by atoms with Crippen LogP contribution in [0.2, 0.25) is 0 Å². The Hall–Kier alpha value is -1.21. The first-order valence-corrected chi connectivity index (χ1v) is 8.20. The molecular formula is C16H20Cl2FN3OS. The number of carbonyl (C=O) groups excluding carboxylic acids is 1. The number of hydrogen-bond donors (Lipinski definition) is 2. The van der Waals surface area contributed by atoms with Gasteiger partial charge >= 0.3 is 0 Å². The maximum absolute atomic E-state index is 13.0. The Bertz CT molecular complexity index is 672. The molecule has 3 rings (SSSR count). The van der Waals surface area contributed by atoms with Crippen LogP contribution in [0, 0.1) is 12.7 Å². The molecule has 1 amide bonds. The lowest BCUT2D eigenvalue weighted by molar-refractivity contribution is 0.0934. The Morgan fingerprint density at radius 3 is 2.67 bits per heavy atom. The smallest absolute Gasteiger partial charge is 0.263 e. The summed E-state index contributed by atoms with van der Waals surface area (Å²) in [6, 6.07) is 6.34. The number of amides is 1. The third-order valence-electron chi connectivity index (χ3n) is 3.73. The molecule has 1 aromatic heterocycles. The van der Waals surface area contributed by atoms with Gasteiger partial charge in [-0.15, -0.1) is 36.2 Å². The highest BCUT2D eigenvalue weighted by Crippen LogP contribution is 2.28. The average Bonchev–Trinajstić information content (AvgIpc) is 2.91. The second-order valence-electron chi connectivity index (χ2n) is 5.46. The molecule has 1 aliphatic rings. The lowest BCUT2D eigenvalue weighted by Crippen LogP contribution is -2.45. The van der Waals surface area contributed by atoms with Crippen LogP contribution in [-0.2, 0) is 0 Å². The number of nitrogens with one attached hydrogen (secondary N) is 2. The topological polar surface area (TPSA) is 54.0 Å². The first-order chi connectivity index (χ1) is 10.6. The highest BCUT2D eigenvalue weighted by molar-refractivity contribution is 7.17. The summed E-state index contributed by atoms with van der Waals surface area (Å²) in [5.74, 6) is -0.350. The van der Waals surface area contributed by atoms with Crippen molar-refractivity contribution in [1.29, 1.82) is 0 Å². The number of nitrogens with zero attached hydrogens (tertiary/aromatic N) is 1. The first-order valence-electron chi connectivity index (χ1n) is 7.38. The Labute approximate surface area is 157 Å². The standard InChI is InChI=1S/C16H18FN3OS.2ClH/c1-10-14(15(21)20-13-3-2-8-18-9-13)22-16(19-10)11-4-6-12(17)7-5-11;;/h4-7,13,18H,2-3,8-9H2,1H3,(H,20,21);2*1H/t13-;;/m0../s1. The van der Waals surface area contributed by atoms with Crippen molar-refractivity contribution in [2.24, 2.45) is 0 Å². The quantitative estimate of drug-likeness (QED) is 0.840. The number of carbonyl (C=O) groups is 1. The van der Waals surface area contributed by atoms with E-state index in [0.29, 0.717) is 10.6 Å². The Morgan fingerprint density at radius 1 is 1.33 bits per heavy atom. The lowest BCUT2D eigenvalue weighted by atomic mass is 10.1. The predicted octanol–water partition coefficient (Wildman–Crippen LogP) is 3.58. The average molecular weight is 392 g/mol. The molecule has 0 unspecified atom stereocenters. The third-order valence-corrected chi connectivity index (χ3v) is 4.93. The van der Waals surface area contributed by atoms with E-state index in [0.717, 1.165) is 36.5 Å². The van der Waals surface area contributed by atoms with Gasteiger partial charge in [-0.2, -0.15) is 0 Å². The maximum atomic E-state index is 13.0. The van der Waals surface area contributed by atoms with Gasteiger partial charge in [0.25, 0.3) is 5.91 Å². The summed E-state index contributed by atoms with van der Waals surface area (Å²) >= 11 is 1.35. The number of thiazole rings is 1. The van der Waals surface area contributed by atoms with E-state index in [2.05, 4.69) is 15.6 Å². The van der Waals surface area contributed by atoms with Gasteiger partial charge in [-0.05, 0) is 50.6 Å². The van der Waals surface area contributed by atoms with Crippen LogP contribution >= 0.6 is 36.2 Å². The molecule has 2 heterocycles. The van der Waals surface area contributed by atoms with Crippen molar-refractivity contribution >= 4 is 42.1 Å². The van der Waals surface area contributed by atoms with Gasteiger partial charge in [0.2, 0.25) is 0 Å². The van der Waals surface area contributed by atoms with Gasteiger partial charge in [-0.3, -0.25) is 4.79 Å². The van der Waals surface area contributed by atoms with Gasteiger partial charge < -0.3 is 10.6 Å². The number of aryl methyl sites for hydroxylation is 1. The van der Waals surface area contributed by atoms with E-state index in [9.17, 15) is 9.18 Å².